The first-order valence-corrected chi connectivity index (χ1v) is 17.5. The Morgan fingerprint density at radius 2 is 1.65 bits per heavy atom. The highest BCUT2D eigenvalue weighted by atomic mass is 16.6. The Morgan fingerprint density at radius 3 is 2.35 bits per heavy atom. The van der Waals surface area contributed by atoms with Gasteiger partial charge in [0.05, 0.1) is 46.0 Å². The number of benzene rings is 3. The third-order valence-electron chi connectivity index (χ3n) is 10.9. The van der Waals surface area contributed by atoms with E-state index in [1.807, 2.05) is 42.5 Å². The lowest BCUT2D eigenvalue weighted by Crippen LogP contribution is -2.52. The highest BCUT2D eigenvalue weighted by molar-refractivity contribution is 5.92. The van der Waals surface area contributed by atoms with Crippen LogP contribution in [0.25, 0.3) is 10.9 Å². The number of esters is 3. The minimum absolute atomic E-state index is 0.0802. The van der Waals surface area contributed by atoms with E-state index in [4.69, 9.17) is 28.4 Å². The summed E-state index contributed by atoms with van der Waals surface area (Å²) in [6.45, 7) is 1.71. The van der Waals surface area contributed by atoms with Crippen molar-refractivity contribution < 1.29 is 42.8 Å². The van der Waals surface area contributed by atoms with Gasteiger partial charge in [0.25, 0.3) is 0 Å². The summed E-state index contributed by atoms with van der Waals surface area (Å²) in [6, 6.07) is 19.0. The third kappa shape index (κ3) is 6.87. The molecule has 2 fully saturated rings. The lowest BCUT2D eigenvalue weighted by Gasteiger charge is -2.51. The number of aromatic nitrogens is 1. The first kappa shape index (κ1) is 34.4. The largest absolute Gasteiger partial charge is 0.497 e. The smallest absolute Gasteiger partial charge is 0.338 e. The molecule has 268 valence electrons. The van der Waals surface area contributed by atoms with Crippen molar-refractivity contribution in [2.75, 3.05) is 41.5 Å². The lowest BCUT2D eigenvalue weighted by molar-refractivity contribution is -0.155. The van der Waals surface area contributed by atoms with Gasteiger partial charge in [0, 0.05) is 42.2 Å². The van der Waals surface area contributed by atoms with Crippen LogP contribution in [0.3, 0.4) is 0 Å². The second-order valence-electron chi connectivity index (χ2n) is 13.6. The number of carbonyl (C=O) groups excluding carboxylic acids is 3. The molecule has 5 atom stereocenters. The Bertz CT molecular complexity index is 1900. The number of aromatic amines is 1. The molecule has 0 amide bonds. The fourth-order valence-electron chi connectivity index (χ4n) is 8.43. The van der Waals surface area contributed by atoms with Crippen LogP contribution in [0.4, 0.5) is 0 Å². The van der Waals surface area contributed by atoms with E-state index in [2.05, 4.69) is 16.0 Å². The van der Waals surface area contributed by atoms with E-state index in [1.165, 1.54) is 50.1 Å². The number of ether oxygens (including phenoxy) is 6. The van der Waals surface area contributed by atoms with E-state index in [0.29, 0.717) is 19.3 Å². The summed E-state index contributed by atoms with van der Waals surface area (Å²) in [7, 11) is 5.95. The van der Waals surface area contributed by atoms with Crippen LogP contribution in [-0.2, 0) is 31.9 Å². The zero-order valence-electron chi connectivity index (χ0n) is 29.4. The minimum Gasteiger partial charge on any atom is -0.497 e. The molecule has 1 aliphatic carbocycles. The second kappa shape index (κ2) is 14.7. The molecule has 3 aliphatic rings. The maximum atomic E-state index is 13.7. The second-order valence-corrected chi connectivity index (χ2v) is 13.6. The molecule has 0 bridgehead atoms. The molecule has 11 nitrogen and oxygen atoms in total. The zero-order chi connectivity index (χ0) is 35.6. The summed E-state index contributed by atoms with van der Waals surface area (Å²) in [4.78, 5) is 45.9. The van der Waals surface area contributed by atoms with Crippen LogP contribution in [0.1, 0.15) is 58.9 Å². The summed E-state index contributed by atoms with van der Waals surface area (Å²) in [5.41, 5.74) is 4.82. The number of piperidine rings is 1. The molecule has 7 rings (SSSR count). The van der Waals surface area contributed by atoms with Crippen molar-refractivity contribution in [3.05, 3.63) is 83.0 Å². The molecular weight excluding hydrogens is 652 g/mol. The van der Waals surface area contributed by atoms with Gasteiger partial charge in [-0.2, -0.15) is 0 Å². The number of carbonyl (C=O) groups is 3. The summed E-state index contributed by atoms with van der Waals surface area (Å²) in [5, 5.41) is 1.22. The molecule has 11 heteroatoms. The first-order chi connectivity index (χ1) is 24.8. The predicted molar refractivity (Wildman–Crippen MR) is 188 cm³/mol. The van der Waals surface area contributed by atoms with E-state index in [9.17, 15) is 14.4 Å². The number of aryl methyl sites for hydroxylation is 1. The molecule has 0 radical (unpaired) electrons. The van der Waals surface area contributed by atoms with Gasteiger partial charge in [0.2, 0.25) is 5.75 Å². The Morgan fingerprint density at radius 1 is 0.882 bits per heavy atom. The number of rotatable bonds is 10. The predicted octanol–water partition coefficient (Wildman–Crippen LogP) is 6.08. The Hall–Kier alpha value is -5.03. The summed E-state index contributed by atoms with van der Waals surface area (Å²) >= 11 is 0. The van der Waals surface area contributed by atoms with Gasteiger partial charge in [-0.05, 0) is 79.3 Å². The molecule has 2 aliphatic heterocycles. The Labute approximate surface area is 297 Å². The zero-order valence-corrected chi connectivity index (χ0v) is 29.4. The van der Waals surface area contributed by atoms with Gasteiger partial charge in [-0.25, -0.2) is 4.79 Å². The maximum Gasteiger partial charge on any atom is 0.338 e. The summed E-state index contributed by atoms with van der Waals surface area (Å²) in [6.07, 6.45) is 2.92. The van der Waals surface area contributed by atoms with Crippen molar-refractivity contribution in [2.24, 2.45) is 17.8 Å². The van der Waals surface area contributed by atoms with Crippen molar-refractivity contribution in [3.63, 3.8) is 0 Å². The Kier molecular flexibility index (Phi) is 9.90. The molecule has 3 aromatic carbocycles. The van der Waals surface area contributed by atoms with Gasteiger partial charge in [-0.3, -0.25) is 14.5 Å². The van der Waals surface area contributed by atoms with Crippen molar-refractivity contribution in [3.8, 4) is 23.0 Å². The van der Waals surface area contributed by atoms with Crippen LogP contribution >= 0.6 is 0 Å². The highest BCUT2D eigenvalue weighted by Crippen LogP contribution is 2.50. The Balaban J connectivity index is 1.06. The molecule has 1 aromatic heterocycles. The monoisotopic (exact) mass is 696 g/mol. The molecule has 1 N–H and O–H groups in total. The SMILES string of the molecule is COC(=O)C1CC(OC(=O)c2cc(OC)c(OC(=O)CCc3ccccc3)c(OC)c2)C[C@@H]2CN3CCc4c([nH]c5cc(OC)ccc45)C3C[C@H]12. The van der Waals surface area contributed by atoms with Crippen molar-refractivity contribution >= 4 is 28.8 Å². The van der Waals surface area contributed by atoms with Gasteiger partial charge in [-0.15, -0.1) is 0 Å². The fraction of sp³-hybridized carbons (Fsp3) is 0.425. The maximum absolute atomic E-state index is 13.7. The quantitative estimate of drug-likeness (QED) is 0.154. The van der Waals surface area contributed by atoms with Crippen LogP contribution in [-0.4, -0.2) is 75.4 Å². The number of fused-ring (bicyclic) bond motifs is 6. The topological polar surface area (TPSA) is 126 Å². The van der Waals surface area contributed by atoms with E-state index < -0.39 is 24.0 Å². The summed E-state index contributed by atoms with van der Waals surface area (Å²) in [5.74, 6) is -0.258. The van der Waals surface area contributed by atoms with E-state index in [0.717, 1.165) is 42.8 Å². The highest BCUT2D eigenvalue weighted by Gasteiger charge is 2.49. The van der Waals surface area contributed by atoms with Gasteiger partial charge in [0.15, 0.2) is 11.5 Å². The molecule has 3 heterocycles. The molecule has 4 aromatic rings. The number of nitrogens with zero attached hydrogens (tertiary/aromatic N) is 1. The number of H-pyrrole nitrogens is 1. The van der Waals surface area contributed by atoms with Crippen molar-refractivity contribution in [1.82, 2.24) is 9.88 Å². The van der Waals surface area contributed by atoms with Crippen molar-refractivity contribution in [2.45, 2.75) is 50.7 Å². The standard InChI is InChI=1S/C40H44N2O9/c1-46-26-11-12-28-29-14-15-42-22-25-16-27(19-31(40(45)49-4)30(25)21-33(42)37(29)41-32(28)20-26)50-39(44)24-17-34(47-2)38(35(18-24)48-3)51-36(43)13-10-23-8-6-5-7-9-23/h5-9,11-12,17-18,20,25,27,30-31,33,41H,10,13-16,19,21-22H2,1-4H3/t25-,27?,30+,31?,33?/m1/s1. The van der Waals surface area contributed by atoms with Gasteiger partial charge in [-0.1, -0.05) is 30.3 Å². The summed E-state index contributed by atoms with van der Waals surface area (Å²) < 4.78 is 33.6. The normalized spacial score (nSPS) is 22.5. The van der Waals surface area contributed by atoms with Crippen LogP contribution in [0.15, 0.2) is 60.7 Å². The van der Waals surface area contributed by atoms with Gasteiger partial charge >= 0.3 is 17.9 Å². The molecule has 1 saturated heterocycles. The lowest BCUT2D eigenvalue weighted by atomic mass is 9.65. The van der Waals surface area contributed by atoms with Crippen molar-refractivity contribution in [1.29, 1.82) is 0 Å². The molecule has 51 heavy (non-hydrogen) atoms. The van der Waals surface area contributed by atoms with Gasteiger partial charge in [0.1, 0.15) is 11.9 Å². The molecule has 0 spiro atoms. The van der Waals surface area contributed by atoms with Crippen LogP contribution < -0.4 is 18.9 Å². The van der Waals surface area contributed by atoms with E-state index in [1.54, 1.807) is 7.11 Å². The third-order valence-corrected chi connectivity index (χ3v) is 10.9. The minimum atomic E-state index is -0.578. The van der Waals surface area contributed by atoms with Crippen LogP contribution in [0.2, 0.25) is 0 Å². The number of hydrogen-bond donors (Lipinski definition) is 1. The molecular formula is C40H44N2O9. The number of nitrogens with one attached hydrogen (secondary N) is 1. The van der Waals surface area contributed by atoms with E-state index >= 15 is 0 Å². The average Bonchev–Trinajstić information content (AvgIpc) is 3.54. The molecule has 3 unspecified atom stereocenters. The number of methoxy groups -OCH3 is 4. The number of hydrogen-bond acceptors (Lipinski definition) is 10. The molecule has 1 saturated carbocycles. The van der Waals surface area contributed by atoms with Gasteiger partial charge < -0.3 is 33.4 Å². The average molecular weight is 697 g/mol. The van der Waals surface area contributed by atoms with E-state index in [-0.39, 0.29) is 53.1 Å². The first-order valence-electron chi connectivity index (χ1n) is 17.5. The van der Waals surface area contributed by atoms with Crippen LogP contribution in [0.5, 0.6) is 23.0 Å². The fourth-order valence-corrected chi connectivity index (χ4v) is 8.43. The van der Waals surface area contributed by atoms with Crippen LogP contribution in [0, 0.1) is 17.8 Å².